The molecule has 3 aromatic rings. The number of pyridine rings is 1. The molecular formula is C42H49F4N3O4. The maximum absolute atomic E-state index is 14.7. The van der Waals surface area contributed by atoms with E-state index in [2.05, 4.69) is 10.2 Å². The van der Waals surface area contributed by atoms with Gasteiger partial charge in [0.15, 0.2) is 0 Å². The number of hydrogen-bond donors (Lipinski definition) is 2. The van der Waals surface area contributed by atoms with Crippen LogP contribution in [0.25, 0.3) is 11.1 Å². The van der Waals surface area contributed by atoms with E-state index in [0.29, 0.717) is 30.0 Å². The minimum atomic E-state index is -4.74. The molecule has 1 aromatic heterocycles. The maximum Gasteiger partial charge on any atom is 0.416 e. The zero-order chi connectivity index (χ0) is 38.0. The minimum Gasteiger partial charge on any atom is -0.481 e. The number of aromatic nitrogens is 1. The van der Waals surface area contributed by atoms with Gasteiger partial charge < -0.3 is 15.3 Å². The van der Waals surface area contributed by atoms with Gasteiger partial charge in [0.05, 0.1) is 18.0 Å². The first-order chi connectivity index (χ1) is 25.0. The fourth-order valence-corrected chi connectivity index (χ4v) is 9.48. The quantitative estimate of drug-likeness (QED) is 0.185. The number of carboxylic acids is 1. The number of carbonyl (C=O) groups is 2. The molecule has 1 spiro atoms. The van der Waals surface area contributed by atoms with Gasteiger partial charge in [-0.05, 0) is 158 Å². The SMILES string of the molecule is Cc1cc(F)cc(C)c1-c1cc(C(CC(=O)O)NC(=O)[C@@]2(n3cc(CCN4CCC5(CC5)C4)c(C(F)(F)F)cc3=O)CC2CC(C)C)cc2c1CCC2. The number of likely N-dealkylation sites (tertiary alicyclic amines) is 1. The molecule has 1 saturated heterocycles. The third-order valence-corrected chi connectivity index (χ3v) is 12.4. The molecule has 2 heterocycles. The summed E-state index contributed by atoms with van der Waals surface area (Å²) in [5.41, 5.74) is 2.92. The van der Waals surface area contributed by atoms with E-state index in [1.165, 1.54) is 22.9 Å². The van der Waals surface area contributed by atoms with Crippen molar-refractivity contribution in [1.29, 1.82) is 0 Å². The molecule has 11 heteroatoms. The lowest BCUT2D eigenvalue weighted by molar-refractivity contribution is -0.139. The predicted molar refractivity (Wildman–Crippen MR) is 194 cm³/mol. The molecule has 7 rings (SSSR count). The number of fused-ring (bicyclic) bond motifs is 1. The molecule has 2 N–H and O–H groups in total. The number of alkyl halides is 3. The van der Waals surface area contributed by atoms with Crippen molar-refractivity contribution in [2.75, 3.05) is 19.6 Å². The number of carbonyl (C=O) groups excluding carboxylic acids is 1. The normalized spacial score (nSPS) is 22.3. The molecule has 3 aliphatic carbocycles. The van der Waals surface area contributed by atoms with E-state index in [1.54, 1.807) is 0 Å². The smallest absolute Gasteiger partial charge is 0.416 e. The van der Waals surface area contributed by atoms with Crippen LogP contribution in [0.2, 0.25) is 0 Å². The number of benzene rings is 2. The van der Waals surface area contributed by atoms with Crippen molar-refractivity contribution in [1.82, 2.24) is 14.8 Å². The van der Waals surface area contributed by atoms with Gasteiger partial charge in [-0.15, -0.1) is 0 Å². The number of aryl methyl sites for hydroxylation is 3. The Hall–Kier alpha value is -3.99. The third-order valence-electron chi connectivity index (χ3n) is 12.4. The predicted octanol–water partition coefficient (Wildman–Crippen LogP) is 7.90. The molecule has 3 fully saturated rings. The first-order valence-electron chi connectivity index (χ1n) is 19.0. The fourth-order valence-electron chi connectivity index (χ4n) is 9.48. The second kappa shape index (κ2) is 13.7. The number of halogens is 4. The van der Waals surface area contributed by atoms with Crippen molar-refractivity contribution in [3.8, 4) is 11.1 Å². The van der Waals surface area contributed by atoms with Gasteiger partial charge in [-0.25, -0.2) is 4.39 Å². The van der Waals surface area contributed by atoms with E-state index < -0.39 is 47.2 Å². The van der Waals surface area contributed by atoms with Crippen molar-refractivity contribution in [2.45, 2.75) is 110 Å². The monoisotopic (exact) mass is 735 g/mol. The van der Waals surface area contributed by atoms with Crippen molar-refractivity contribution in [3.63, 3.8) is 0 Å². The van der Waals surface area contributed by atoms with Gasteiger partial charge >= 0.3 is 12.1 Å². The Morgan fingerprint density at radius 1 is 1.04 bits per heavy atom. The highest BCUT2D eigenvalue weighted by atomic mass is 19.4. The van der Waals surface area contributed by atoms with Crippen LogP contribution in [0.5, 0.6) is 0 Å². The highest BCUT2D eigenvalue weighted by molar-refractivity contribution is 5.89. The van der Waals surface area contributed by atoms with Gasteiger partial charge in [0, 0.05) is 25.4 Å². The first kappa shape index (κ1) is 37.3. The Bertz CT molecular complexity index is 1990. The standard InChI is InChI=1S/C42H49F4N3O4/c1-24(2)14-30-21-41(30,49-22-28(34(19-36(49)50)42(44,45)46)8-12-48-13-11-40(23-48)9-10-40)39(53)47-35(20-37(51)52)29-17-27-6-5-7-32(27)33(18-29)38-25(3)15-31(43)16-26(38)4/h15-19,22,24,30,35H,5-14,20-21,23H2,1-4H3,(H,47,53)(H,51,52)/t30?,35?,41-/m1/s1. The molecule has 4 aliphatic rings. The number of hydrogen-bond acceptors (Lipinski definition) is 4. The number of carboxylic acid groups (broad SMARTS) is 1. The van der Waals surface area contributed by atoms with Crippen LogP contribution in [-0.4, -0.2) is 46.1 Å². The molecule has 0 bridgehead atoms. The van der Waals surface area contributed by atoms with E-state index >= 15 is 0 Å². The van der Waals surface area contributed by atoms with E-state index in [4.69, 9.17) is 0 Å². The van der Waals surface area contributed by atoms with Crippen LogP contribution in [0.3, 0.4) is 0 Å². The van der Waals surface area contributed by atoms with Gasteiger partial charge in [0.1, 0.15) is 11.4 Å². The van der Waals surface area contributed by atoms with Crippen LogP contribution in [-0.2, 0) is 40.6 Å². The molecule has 53 heavy (non-hydrogen) atoms. The van der Waals surface area contributed by atoms with Gasteiger partial charge in [-0.1, -0.05) is 19.9 Å². The molecule has 1 amide bonds. The topological polar surface area (TPSA) is 91.6 Å². The van der Waals surface area contributed by atoms with E-state index in [-0.39, 0.29) is 36.1 Å². The molecule has 2 aromatic carbocycles. The van der Waals surface area contributed by atoms with Crippen molar-refractivity contribution < 1.29 is 32.3 Å². The largest absolute Gasteiger partial charge is 0.481 e. The third kappa shape index (κ3) is 7.30. The molecule has 0 radical (unpaired) electrons. The van der Waals surface area contributed by atoms with Crippen molar-refractivity contribution in [2.24, 2.45) is 17.3 Å². The Morgan fingerprint density at radius 3 is 2.38 bits per heavy atom. The molecule has 2 saturated carbocycles. The van der Waals surface area contributed by atoms with E-state index in [9.17, 15) is 37.1 Å². The van der Waals surface area contributed by atoms with Crippen LogP contribution in [0, 0.1) is 36.9 Å². The summed E-state index contributed by atoms with van der Waals surface area (Å²) in [6, 6.07) is 6.43. The number of amides is 1. The molecule has 3 atom stereocenters. The Morgan fingerprint density at radius 2 is 1.75 bits per heavy atom. The van der Waals surface area contributed by atoms with Crippen LogP contribution in [0.1, 0.15) is 104 Å². The first-order valence-corrected chi connectivity index (χ1v) is 19.0. The van der Waals surface area contributed by atoms with Crippen molar-refractivity contribution >= 4 is 11.9 Å². The average Bonchev–Trinajstić information content (AvgIpc) is 3.85. The van der Waals surface area contributed by atoms with Gasteiger partial charge in [0.25, 0.3) is 5.56 Å². The lowest BCUT2D eigenvalue weighted by Crippen LogP contribution is -2.46. The van der Waals surface area contributed by atoms with E-state index in [0.717, 1.165) is 85.0 Å². The highest BCUT2D eigenvalue weighted by Gasteiger charge is 2.62. The number of nitrogens with zero attached hydrogens (tertiary/aromatic N) is 2. The number of rotatable bonds is 12. The Labute approximate surface area is 307 Å². The van der Waals surface area contributed by atoms with Gasteiger partial charge in [0.2, 0.25) is 5.91 Å². The number of aliphatic carboxylic acids is 1. The van der Waals surface area contributed by atoms with Gasteiger partial charge in [-0.3, -0.25) is 19.0 Å². The summed E-state index contributed by atoms with van der Waals surface area (Å²) in [4.78, 5) is 42.9. The summed E-state index contributed by atoms with van der Waals surface area (Å²) in [6.45, 7) is 9.78. The summed E-state index contributed by atoms with van der Waals surface area (Å²) >= 11 is 0. The van der Waals surface area contributed by atoms with Crippen LogP contribution >= 0.6 is 0 Å². The lowest BCUT2D eigenvalue weighted by atomic mass is 9.87. The number of nitrogens with one attached hydrogen (secondary N) is 1. The Balaban J connectivity index is 1.26. The average molecular weight is 736 g/mol. The zero-order valence-electron chi connectivity index (χ0n) is 31.0. The maximum atomic E-state index is 14.7. The zero-order valence-corrected chi connectivity index (χ0v) is 31.0. The van der Waals surface area contributed by atoms with Crippen LogP contribution in [0.15, 0.2) is 41.3 Å². The Kier molecular flexibility index (Phi) is 9.65. The summed E-state index contributed by atoms with van der Waals surface area (Å²) in [5, 5.41) is 13.1. The second-order valence-electron chi connectivity index (χ2n) is 16.7. The van der Waals surface area contributed by atoms with Crippen molar-refractivity contribution in [3.05, 3.63) is 91.6 Å². The molecule has 284 valence electrons. The van der Waals surface area contributed by atoms with E-state index in [1.807, 2.05) is 39.8 Å². The summed E-state index contributed by atoms with van der Waals surface area (Å²) < 4.78 is 58.8. The minimum absolute atomic E-state index is 0.0217. The van der Waals surface area contributed by atoms with Crippen LogP contribution in [0.4, 0.5) is 17.6 Å². The van der Waals surface area contributed by atoms with Gasteiger partial charge in [-0.2, -0.15) is 13.2 Å². The molecule has 7 nitrogen and oxygen atoms in total. The lowest BCUT2D eigenvalue weighted by Gasteiger charge is -2.27. The summed E-state index contributed by atoms with van der Waals surface area (Å²) in [7, 11) is 0. The highest BCUT2D eigenvalue weighted by Crippen LogP contribution is 2.55. The molecular weight excluding hydrogens is 686 g/mol. The summed E-state index contributed by atoms with van der Waals surface area (Å²) in [5.74, 6) is -2.25. The fraction of sp³-hybridized carbons (Fsp3) is 0.548. The second-order valence-corrected chi connectivity index (χ2v) is 16.7. The summed E-state index contributed by atoms with van der Waals surface area (Å²) in [6.07, 6.45) is 2.79. The van der Waals surface area contributed by atoms with Crippen LogP contribution < -0.4 is 10.9 Å². The molecule has 2 unspecified atom stereocenters. The molecule has 1 aliphatic heterocycles.